The van der Waals surface area contributed by atoms with Crippen LogP contribution in [-0.2, 0) is 0 Å². The third kappa shape index (κ3) is 3.45. The van der Waals surface area contributed by atoms with Crippen molar-refractivity contribution in [2.45, 2.75) is 0 Å². The lowest BCUT2D eigenvalue weighted by Crippen LogP contribution is -2.00. The fraction of sp³-hybridized carbons (Fsp3) is 0.333. The van der Waals surface area contributed by atoms with Crippen LogP contribution in [0.2, 0.25) is 0 Å². The zero-order valence-electron chi connectivity index (χ0n) is 15.2. The molecule has 7 nitrogen and oxygen atoms in total. The second-order valence-electron chi connectivity index (χ2n) is 4.77. The van der Waals surface area contributed by atoms with Crippen LogP contribution in [0.25, 0.3) is 0 Å². The molecule has 2 rings (SSSR count). The van der Waals surface area contributed by atoms with Gasteiger partial charge in [0.25, 0.3) is 0 Å². The van der Waals surface area contributed by atoms with Gasteiger partial charge in [-0.3, -0.25) is 0 Å². The Balaban J connectivity index is 2.53. The van der Waals surface area contributed by atoms with E-state index in [0.29, 0.717) is 46.0 Å². The highest BCUT2D eigenvalue weighted by Crippen LogP contribution is 2.49. The van der Waals surface area contributed by atoms with E-state index in [1.165, 1.54) is 28.4 Å². The molecule has 0 aromatic heterocycles. The molecule has 0 radical (unpaired) electrons. The average molecular weight is 350 g/mol. The number of hydrogen-bond acceptors (Lipinski definition) is 7. The molecule has 0 unspecified atom stereocenters. The van der Waals surface area contributed by atoms with Crippen molar-refractivity contribution < 1.29 is 33.2 Å². The van der Waals surface area contributed by atoms with Gasteiger partial charge in [-0.05, 0) is 24.3 Å². The molecule has 0 aliphatic rings. The van der Waals surface area contributed by atoms with E-state index >= 15 is 0 Å². The van der Waals surface area contributed by atoms with Gasteiger partial charge in [-0.2, -0.15) is 0 Å². The summed E-state index contributed by atoms with van der Waals surface area (Å²) in [5.74, 6) is 3.61. The molecule has 0 spiro atoms. The van der Waals surface area contributed by atoms with Crippen molar-refractivity contribution in [2.24, 2.45) is 0 Å². The number of benzene rings is 2. The first-order valence-electron chi connectivity index (χ1n) is 7.40. The first kappa shape index (κ1) is 18.4. The maximum Gasteiger partial charge on any atom is 0.207 e. The smallest absolute Gasteiger partial charge is 0.207 e. The van der Waals surface area contributed by atoms with E-state index in [1.807, 2.05) is 0 Å². The molecule has 0 aliphatic heterocycles. The molecular weight excluding hydrogens is 328 g/mol. The average Bonchev–Trinajstić information content (AvgIpc) is 2.66. The van der Waals surface area contributed by atoms with E-state index in [0.717, 1.165) is 0 Å². The first-order valence-corrected chi connectivity index (χ1v) is 7.40. The monoisotopic (exact) mass is 350 g/mol. The van der Waals surface area contributed by atoms with Crippen molar-refractivity contribution in [3.8, 4) is 46.0 Å². The number of ether oxygens (including phenoxy) is 7. The molecule has 2 aromatic carbocycles. The molecule has 0 heterocycles. The lowest BCUT2D eigenvalue weighted by atomic mass is 10.2. The van der Waals surface area contributed by atoms with Gasteiger partial charge in [-0.25, -0.2) is 0 Å². The highest BCUT2D eigenvalue weighted by atomic mass is 16.6. The van der Waals surface area contributed by atoms with Gasteiger partial charge in [0, 0.05) is 0 Å². The Labute approximate surface area is 146 Å². The minimum absolute atomic E-state index is 0.402. The topological polar surface area (TPSA) is 64.6 Å². The Kier molecular flexibility index (Phi) is 6.05. The van der Waals surface area contributed by atoms with Crippen LogP contribution < -0.4 is 33.2 Å². The van der Waals surface area contributed by atoms with Crippen molar-refractivity contribution in [3.63, 3.8) is 0 Å². The summed E-state index contributed by atoms with van der Waals surface area (Å²) >= 11 is 0. The number of methoxy groups -OCH3 is 6. The van der Waals surface area contributed by atoms with Crippen molar-refractivity contribution >= 4 is 0 Å². The van der Waals surface area contributed by atoms with Crippen LogP contribution in [0.4, 0.5) is 0 Å². The Morgan fingerprint density at radius 3 is 0.960 bits per heavy atom. The molecule has 0 fully saturated rings. The van der Waals surface area contributed by atoms with E-state index in [4.69, 9.17) is 33.2 Å². The molecule has 7 heteroatoms. The first-order chi connectivity index (χ1) is 12.1. The summed E-state index contributed by atoms with van der Waals surface area (Å²) in [6.45, 7) is 0. The van der Waals surface area contributed by atoms with Gasteiger partial charge in [0.1, 0.15) is 0 Å². The van der Waals surface area contributed by atoms with Crippen molar-refractivity contribution in [1.29, 1.82) is 0 Å². The highest BCUT2D eigenvalue weighted by Gasteiger charge is 2.21. The second-order valence-corrected chi connectivity index (χ2v) is 4.77. The normalized spacial score (nSPS) is 10.0. The predicted molar refractivity (Wildman–Crippen MR) is 92.3 cm³/mol. The van der Waals surface area contributed by atoms with Crippen LogP contribution in [0.5, 0.6) is 46.0 Å². The van der Waals surface area contributed by atoms with Gasteiger partial charge < -0.3 is 33.2 Å². The Morgan fingerprint density at radius 2 is 0.680 bits per heavy atom. The zero-order valence-corrected chi connectivity index (χ0v) is 15.2. The van der Waals surface area contributed by atoms with Crippen LogP contribution in [0.15, 0.2) is 24.3 Å². The van der Waals surface area contributed by atoms with E-state index in [-0.39, 0.29) is 0 Å². The molecule has 0 saturated carbocycles. The minimum atomic E-state index is 0.402. The lowest BCUT2D eigenvalue weighted by Gasteiger charge is -2.18. The fourth-order valence-corrected chi connectivity index (χ4v) is 2.43. The van der Waals surface area contributed by atoms with E-state index in [2.05, 4.69) is 0 Å². The van der Waals surface area contributed by atoms with Gasteiger partial charge in [-0.1, -0.05) is 0 Å². The summed E-state index contributed by atoms with van der Waals surface area (Å²) in [6.07, 6.45) is 0. The summed E-state index contributed by atoms with van der Waals surface area (Å²) in [6, 6.07) is 6.89. The fourth-order valence-electron chi connectivity index (χ4n) is 2.43. The zero-order chi connectivity index (χ0) is 18.4. The van der Waals surface area contributed by atoms with Crippen LogP contribution in [0.1, 0.15) is 0 Å². The molecule has 0 bridgehead atoms. The van der Waals surface area contributed by atoms with Crippen molar-refractivity contribution in [2.75, 3.05) is 42.7 Å². The third-order valence-corrected chi connectivity index (χ3v) is 3.56. The molecular formula is C18H22O7. The highest BCUT2D eigenvalue weighted by molar-refractivity contribution is 5.63. The summed E-state index contributed by atoms with van der Waals surface area (Å²) < 4.78 is 38.1. The van der Waals surface area contributed by atoms with Gasteiger partial charge in [0.05, 0.1) is 42.7 Å². The quantitative estimate of drug-likeness (QED) is 0.721. The van der Waals surface area contributed by atoms with Crippen LogP contribution in [0, 0.1) is 0 Å². The maximum absolute atomic E-state index is 5.99. The lowest BCUT2D eigenvalue weighted by molar-refractivity contribution is 0.300. The van der Waals surface area contributed by atoms with Gasteiger partial charge in [0.15, 0.2) is 23.0 Å². The van der Waals surface area contributed by atoms with Crippen LogP contribution >= 0.6 is 0 Å². The summed E-state index contributed by atoms with van der Waals surface area (Å²) in [5, 5.41) is 0. The maximum atomic E-state index is 5.99. The number of hydrogen-bond donors (Lipinski definition) is 0. The summed E-state index contributed by atoms with van der Waals surface area (Å²) in [7, 11) is 9.21. The Morgan fingerprint density at radius 1 is 0.400 bits per heavy atom. The summed E-state index contributed by atoms with van der Waals surface area (Å²) in [4.78, 5) is 0. The van der Waals surface area contributed by atoms with Gasteiger partial charge in [0.2, 0.25) is 23.0 Å². The minimum Gasteiger partial charge on any atom is -0.493 e. The van der Waals surface area contributed by atoms with Gasteiger partial charge in [-0.15, -0.1) is 0 Å². The van der Waals surface area contributed by atoms with E-state index in [9.17, 15) is 0 Å². The standard InChI is InChI=1S/C18H22O7/c1-19-11-7-9-13(17(23-5)15(11)21-3)25-14-10-8-12(20-2)16(22-4)18(14)24-6/h7-10H,1-6H3. The van der Waals surface area contributed by atoms with Crippen LogP contribution in [-0.4, -0.2) is 42.7 Å². The van der Waals surface area contributed by atoms with E-state index < -0.39 is 0 Å². The molecule has 0 atom stereocenters. The molecule has 25 heavy (non-hydrogen) atoms. The molecule has 2 aromatic rings. The number of rotatable bonds is 8. The largest absolute Gasteiger partial charge is 0.493 e. The second kappa shape index (κ2) is 8.23. The van der Waals surface area contributed by atoms with Crippen molar-refractivity contribution in [3.05, 3.63) is 24.3 Å². The Bertz CT molecular complexity index is 666. The Hall–Kier alpha value is -2.96. The molecule has 0 aliphatic carbocycles. The van der Waals surface area contributed by atoms with E-state index in [1.54, 1.807) is 38.5 Å². The molecule has 0 saturated heterocycles. The predicted octanol–water partition coefficient (Wildman–Crippen LogP) is 3.53. The third-order valence-electron chi connectivity index (χ3n) is 3.56. The van der Waals surface area contributed by atoms with Gasteiger partial charge >= 0.3 is 0 Å². The molecule has 136 valence electrons. The molecule has 0 N–H and O–H groups in total. The molecule has 0 amide bonds. The summed E-state index contributed by atoms with van der Waals surface area (Å²) in [5.41, 5.74) is 0. The SMILES string of the molecule is COc1ccc(Oc2ccc(OC)c(OC)c2OC)c(OC)c1OC. The van der Waals surface area contributed by atoms with Crippen LogP contribution in [0.3, 0.4) is 0 Å². The van der Waals surface area contributed by atoms with Crippen molar-refractivity contribution in [1.82, 2.24) is 0 Å².